The number of nitrogens with two attached hydrogens (primary N) is 1. The standard InChI is InChI=1S/C6H7N5O/c1-2-3-4(11-10-2)8-6(7)9-5(3)12/h1H3,(H4,7,8,9,10,11,12). The summed E-state index contributed by atoms with van der Waals surface area (Å²) in [5.74, 6) is 0.0824. The van der Waals surface area contributed by atoms with Crippen molar-refractivity contribution in [2.75, 3.05) is 5.73 Å². The van der Waals surface area contributed by atoms with E-state index >= 15 is 0 Å². The molecule has 0 unspecified atom stereocenters. The minimum Gasteiger partial charge on any atom is -0.369 e. The molecule has 0 fully saturated rings. The third kappa shape index (κ3) is 0.777. The van der Waals surface area contributed by atoms with E-state index in [1.54, 1.807) is 6.92 Å². The number of anilines is 1. The van der Waals surface area contributed by atoms with E-state index < -0.39 is 0 Å². The number of nitrogen functional groups attached to an aromatic ring is 1. The molecule has 0 bridgehead atoms. The molecule has 0 spiro atoms. The number of hydrogen-bond acceptors (Lipinski definition) is 4. The molecule has 0 saturated carbocycles. The highest BCUT2D eigenvalue weighted by Gasteiger charge is 2.06. The van der Waals surface area contributed by atoms with Crippen molar-refractivity contribution < 1.29 is 0 Å². The largest absolute Gasteiger partial charge is 0.369 e. The highest BCUT2D eigenvalue weighted by molar-refractivity contribution is 5.76. The number of hydrogen-bond donors (Lipinski definition) is 3. The molecule has 6 nitrogen and oxygen atoms in total. The first kappa shape index (κ1) is 6.84. The van der Waals surface area contributed by atoms with E-state index in [0.29, 0.717) is 16.7 Å². The van der Waals surface area contributed by atoms with Gasteiger partial charge in [0.15, 0.2) is 5.65 Å². The lowest BCUT2D eigenvalue weighted by Crippen LogP contribution is -2.10. The van der Waals surface area contributed by atoms with Gasteiger partial charge in [-0.05, 0) is 6.92 Å². The van der Waals surface area contributed by atoms with Crippen molar-refractivity contribution in [3.05, 3.63) is 16.0 Å². The fraction of sp³-hybridized carbons (Fsp3) is 0.167. The van der Waals surface area contributed by atoms with E-state index in [2.05, 4.69) is 20.2 Å². The molecule has 2 aromatic rings. The molecule has 0 aliphatic rings. The molecule has 2 heterocycles. The Bertz CT molecular complexity index is 482. The van der Waals surface area contributed by atoms with Crippen molar-refractivity contribution >= 4 is 17.0 Å². The molecular formula is C6H7N5O. The second-order valence-corrected chi connectivity index (χ2v) is 2.50. The minimum atomic E-state index is -0.260. The molecule has 2 rings (SSSR count). The number of aromatic nitrogens is 4. The SMILES string of the molecule is Cc1[nH]nc2nc(N)[nH]c(=O)c12. The van der Waals surface area contributed by atoms with Crippen molar-refractivity contribution in [2.45, 2.75) is 6.92 Å². The average Bonchev–Trinajstić information content (AvgIpc) is 2.31. The number of aromatic amines is 2. The lowest BCUT2D eigenvalue weighted by molar-refractivity contribution is 1.05. The van der Waals surface area contributed by atoms with Gasteiger partial charge in [-0.2, -0.15) is 10.1 Å². The van der Waals surface area contributed by atoms with Crippen LogP contribution in [0.1, 0.15) is 5.69 Å². The van der Waals surface area contributed by atoms with Crippen LogP contribution in [-0.2, 0) is 0 Å². The number of nitrogens with one attached hydrogen (secondary N) is 2. The van der Waals surface area contributed by atoms with Gasteiger partial charge in [0.2, 0.25) is 5.95 Å². The molecule has 4 N–H and O–H groups in total. The van der Waals surface area contributed by atoms with Crippen LogP contribution >= 0.6 is 0 Å². The van der Waals surface area contributed by atoms with Crippen molar-refractivity contribution in [3.63, 3.8) is 0 Å². The van der Waals surface area contributed by atoms with Gasteiger partial charge < -0.3 is 5.73 Å². The van der Waals surface area contributed by atoms with Gasteiger partial charge in [-0.15, -0.1) is 0 Å². The normalized spacial score (nSPS) is 10.8. The number of nitrogens with zero attached hydrogens (tertiary/aromatic N) is 2. The zero-order chi connectivity index (χ0) is 8.72. The Hall–Kier alpha value is -1.85. The molecule has 62 valence electrons. The molecule has 0 aliphatic heterocycles. The maximum Gasteiger partial charge on any atom is 0.263 e. The summed E-state index contributed by atoms with van der Waals surface area (Å²) in [5, 5.41) is 6.92. The molecule has 0 amide bonds. The van der Waals surface area contributed by atoms with Crippen LogP contribution in [0.2, 0.25) is 0 Å². The first-order valence-corrected chi connectivity index (χ1v) is 3.39. The monoisotopic (exact) mass is 165 g/mol. The van der Waals surface area contributed by atoms with E-state index in [9.17, 15) is 4.79 Å². The molecule has 12 heavy (non-hydrogen) atoms. The summed E-state index contributed by atoms with van der Waals surface area (Å²) in [5.41, 5.74) is 6.10. The highest BCUT2D eigenvalue weighted by atomic mass is 16.1. The molecule has 0 saturated heterocycles. The van der Waals surface area contributed by atoms with Crippen LogP contribution in [0, 0.1) is 6.92 Å². The van der Waals surface area contributed by atoms with E-state index in [1.807, 2.05) is 0 Å². The second-order valence-electron chi connectivity index (χ2n) is 2.50. The maximum absolute atomic E-state index is 11.2. The van der Waals surface area contributed by atoms with Gasteiger partial charge in [0.05, 0.1) is 0 Å². The molecule has 0 radical (unpaired) electrons. The van der Waals surface area contributed by atoms with Gasteiger partial charge in [0.25, 0.3) is 5.56 Å². The van der Waals surface area contributed by atoms with Crippen LogP contribution in [-0.4, -0.2) is 20.2 Å². The summed E-state index contributed by atoms with van der Waals surface area (Å²) < 4.78 is 0. The van der Waals surface area contributed by atoms with Gasteiger partial charge in [0, 0.05) is 5.69 Å². The lowest BCUT2D eigenvalue weighted by Gasteiger charge is -1.90. The minimum absolute atomic E-state index is 0.0824. The Balaban J connectivity index is 3.03. The number of fused-ring (bicyclic) bond motifs is 1. The van der Waals surface area contributed by atoms with Crippen LogP contribution in [0.4, 0.5) is 5.95 Å². The smallest absolute Gasteiger partial charge is 0.263 e. The zero-order valence-electron chi connectivity index (χ0n) is 6.38. The van der Waals surface area contributed by atoms with E-state index in [1.165, 1.54) is 0 Å². The van der Waals surface area contributed by atoms with E-state index in [4.69, 9.17) is 5.73 Å². The molecule has 0 atom stereocenters. The number of aryl methyl sites for hydroxylation is 1. The Morgan fingerprint density at radius 2 is 2.25 bits per heavy atom. The van der Waals surface area contributed by atoms with Crippen molar-refractivity contribution in [1.82, 2.24) is 20.2 Å². The Kier molecular flexibility index (Phi) is 1.18. The zero-order valence-corrected chi connectivity index (χ0v) is 6.38. The summed E-state index contributed by atoms with van der Waals surface area (Å²) in [7, 11) is 0. The van der Waals surface area contributed by atoms with Gasteiger partial charge in [-0.1, -0.05) is 0 Å². The van der Waals surface area contributed by atoms with Gasteiger partial charge in [0.1, 0.15) is 5.39 Å². The summed E-state index contributed by atoms with van der Waals surface area (Å²) in [6.45, 7) is 1.75. The molecule has 0 aliphatic carbocycles. The summed E-state index contributed by atoms with van der Waals surface area (Å²) in [6.07, 6.45) is 0. The van der Waals surface area contributed by atoms with Crippen molar-refractivity contribution in [2.24, 2.45) is 0 Å². The summed E-state index contributed by atoms with van der Waals surface area (Å²) >= 11 is 0. The second kappa shape index (κ2) is 2.07. The fourth-order valence-electron chi connectivity index (χ4n) is 1.09. The maximum atomic E-state index is 11.2. The first-order chi connectivity index (χ1) is 5.68. The van der Waals surface area contributed by atoms with E-state index in [0.717, 1.165) is 0 Å². The first-order valence-electron chi connectivity index (χ1n) is 3.39. The van der Waals surface area contributed by atoms with Gasteiger partial charge in [-0.25, -0.2) is 0 Å². The quantitative estimate of drug-likeness (QED) is 0.491. The van der Waals surface area contributed by atoms with E-state index in [-0.39, 0.29) is 11.5 Å². The predicted molar refractivity (Wildman–Crippen MR) is 43.7 cm³/mol. The molecular weight excluding hydrogens is 158 g/mol. The Morgan fingerprint density at radius 1 is 1.50 bits per heavy atom. The van der Waals surface area contributed by atoms with Crippen LogP contribution < -0.4 is 11.3 Å². The topological polar surface area (TPSA) is 100 Å². The molecule has 6 heteroatoms. The number of rotatable bonds is 0. The molecule has 2 aromatic heterocycles. The van der Waals surface area contributed by atoms with Crippen LogP contribution in [0.15, 0.2) is 4.79 Å². The van der Waals surface area contributed by atoms with Gasteiger partial charge >= 0.3 is 0 Å². The highest BCUT2D eigenvalue weighted by Crippen LogP contribution is 2.06. The predicted octanol–water partition coefficient (Wildman–Crippen LogP) is -0.463. The third-order valence-corrected chi connectivity index (χ3v) is 1.62. The van der Waals surface area contributed by atoms with Crippen molar-refractivity contribution in [1.29, 1.82) is 0 Å². The summed E-state index contributed by atoms with van der Waals surface area (Å²) in [4.78, 5) is 17.5. The van der Waals surface area contributed by atoms with Crippen LogP contribution in [0.3, 0.4) is 0 Å². The number of H-pyrrole nitrogens is 2. The summed E-state index contributed by atoms with van der Waals surface area (Å²) in [6, 6.07) is 0. The van der Waals surface area contributed by atoms with Gasteiger partial charge in [-0.3, -0.25) is 14.9 Å². The van der Waals surface area contributed by atoms with Crippen LogP contribution in [0.5, 0.6) is 0 Å². The molecule has 0 aromatic carbocycles. The Labute approximate surface area is 66.8 Å². The third-order valence-electron chi connectivity index (χ3n) is 1.62. The fourth-order valence-corrected chi connectivity index (χ4v) is 1.09. The lowest BCUT2D eigenvalue weighted by atomic mass is 10.3. The van der Waals surface area contributed by atoms with Crippen LogP contribution in [0.25, 0.3) is 11.0 Å². The van der Waals surface area contributed by atoms with Crippen molar-refractivity contribution in [3.8, 4) is 0 Å². The average molecular weight is 165 g/mol. The Morgan fingerprint density at radius 3 is 3.00 bits per heavy atom.